The zero-order valence-corrected chi connectivity index (χ0v) is 12.1. The largest absolute Gasteiger partial charge is 0.309 e. The standard InChI is InChI=1S/C14H24N2S/c1-11-15-9-13(17-11)10-16-12-5-4-7-14(2,3)8-6-12/h9,12,16H,4-8,10H2,1-3H3. The van der Waals surface area contributed by atoms with Crippen LogP contribution in [0.15, 0.2) is 6.20 Å². The molecule has 1 aliphatic carbocycles. The van der Waals surface area contributed by atoms with E-state index in [0.717, 1.165) is 6.54 Å². The lowest BCUT2D eigenvalue weighted by Crippen LogP contribution is -2.27. The number of nitrogens with one attached hydrogen (secondary N) is 1. The summed E-state index contributed by atoms with van der Waals surface area (Å²) in [5.74, 6) is 0. The number of aryl methyl sites for hydroxylation is 1. The lowest BCUT2D eigenvalue weighted by Gasteiger charge is -2.22. The topological polar surface area (TPSA) is 24.9 Å². The summed E-state index contributed by atoms with van der Waals surface area (Å²) in [6.07, 6.45) is 8.77. The molecule has 17 heavy (non-hydrogen) atoms. The SMILES string of the molecule is Cc1ncc(CNC2CCCC(C)(C)CC2)s1. The first kappa shape index (κ1) is 13.0. The second-order valence-corrected chi connectivity index (χ2v) is 7.34. The Balaban J connectivity index is 1.79. The van der Waals surface area contributed by atoms with Gasteiger partial charge in [0.05, 0.1) is 5.01 Å². The molecule has 0 spiro atoms. The van der Waals surface area contributed by atoms with E-state index in [9.17, 15) is 0 Å². The average Bonchev–Trinajstić information content (AvgIpc) is 2.59. The zero-order chi connectivity index (χ0) is 12.3. The van der Waals surface area contributed by atoms with E-state index in [-0.39, 0.29) is 0 Å². The van der Waals surface area contributed by atoms with Crippen LogP contribution in [0, 0.1) is 12.3 Å². The molecule has 2 nitrogen and oxygen atoms in total. The molecule has 96 valence electrons. The van der Waals surface area contributed by atoms with Crippen molar-refractivity contribution in [2.45, 2.75) is 65.5 Å². The summed E-state index contributed by atoms with van der Waals surface area (Å²) in [4.78, 5) is 5.67. The smallest absolute Gasteiger partial charge is 0.0897 e. The Labute approximate surface area is 109 Å². The Hall–Kier alpha value is -0.410. The van der Waals surface area contributed by atoms with Gasteiger partial charge >= 0.3 is 0 Å². The molecule has 1 aromatic rings. The second kappa shape index (κ2) is 5.49. The summed E-state index contributed by atoms with van der Waals surface area (Å²) in [6.45, 7) is 7.88. The van der Waals surface area contributed by atoms with Crippen molar-refractivity contribution < 1.29 is 0 Å². The maximum atomic E-state index is 4.30. The average molecular weight is 252 g/mol. The van der Waals surface area contributed by atoms with Gasteiger partial charge in [0, 0.05) is 23.7 Å². The highest BCUT2D eigenvalue weighted by Gasteiger charge is 2.23. The van der Waals surface area contributed by atoms with E-state index < -0.39 is 0 Å². The maximum Gasteiger partial charge on any atom is 0.0897 e. The van der Waals surface area contributed by atoms with Gasteiger partial charge in [0.25, 0.3) is 0 Å². The third-order valence-electron chi connectivity index (χ3n) is 3.81. The van der Waals surface area contributed by atoms with Gasteiger partial charge in [-0.05, 0) is 38.0 Å². The Morgan fingerprint density at radius 1 is 1.41 bits per heavy atom. The third-order valence-corrected chi connectivity index (χ3v) is 4.72. The second-order valence-electron chi connectivity index (χ2n) is 6.02. The minimum Gasteiger partial charge on any atom is -0.309 e. The lowest BCUT2D eigenvalue weighted by molar-refractivity contribution is 0.309. The van der Waals surface area contributed by atoms with Crippen molar-refractivity contribution in [3.8, 4) is 0 Å². The number of hydrogen-bond donors (Lipinski definition) is 1. The van der Waals surface area contributed by atoms with E-state index in [1.807, 2.05) is 17.5 Å². The summed E-state index contributed by atoms with van der Waals surface area (Å²) >= 11 is 1.81. The minimum atomic E-state index is 0.553. The molecule has 1 aromatic heterocycles. The van der Waals surface area contributed by atoms with Crippen LogP contribution in [0.1, 0.15) is 55.8 Å². The van der Waals surface area contributed by atoms with Crippen molar-refractivity contribution in [1.29, 1.82) is 0 Å². The fraction of sp³-hybridized carbons (Fsp3) is 0.786. The summed E-state index contributed by atoms with van der Waals surface area (Å²) in [5.41, 5.74) is 0.553. The maximum absolute atomic E-state index is 4.30. The van der Waals surface area contributed by atoms with Crippen molar-refractivity contribution in [3.05, 3.63) is 16.1 Å². The van der Waals surface area contributed by atoms with E-state index in [4.69, 9.17) is 0 Å². The molecule has 1 atom stereocenters. The molecule has 0 radical (unpaired) electrons. The first-order chi connectivity index (χ1) is 8.05. The Morgan fingerprint density at radius 3 is 2.94 bits per heavy atom. The third kappa shape index (κ3) is 4.07. The van der Waals surface area contributed by atoms with Crippen LogP contribution in [0.2, 0.25) is 0 Å². The first-order valence-electron chi connectivity index (χ1n) is 6.70. The number of nitrogens with zero attached hydrogens (tertiary/aromatic N) is 1. The van der Waals surface area contributed by atoms with Crippen LogP contribution < -0.4 is 5.32 Å². The highest BCUT2D eigenvalue weighted by Crippen LogP contribution is 2.33. The van der Waals surface area contributed by atoms with Crippen LogP contribution in [-0.2, 0) is 6.54 Å². The van der Waals surface area contributed by atoms with Crippen LogP contribution in [0.25, 0.3) is 0 Å². The van der Waals surface area contributed by atoms with Crippen LogP contribution in [-0.4, -0.2) is 11.0 Å². The number of rotatable bonds is 3. The lowest BCUT2D eigenvalue weighted by atomic mass is 9.85. The van der Waals surface area contributed by atoms with Gasteiger partial charge in [0.15, 0.2) is 0 Å². The molecule has 2 rings (SSSR count). The van der Waals surface area contributed by atoms with Crippen LogP contribution in [0.4, 0.5) is 0 Å². The van der Waals surface area contributed by atoms with Crippen molar-refractivity contribution >= 4 is 11.3 Å². The van der Waals surface area contributed by atoms with E-state index in [1.54, 1.807) is 0 Å². The van der Waals surface area contributed by atoms with Gasteiger partial charge in [-0.2, -0.15) is 0 Å². The summed E-state index contributed by atoms with van der Waals surface area (Å²) < 4.78 is 0. The predicted molar refractivity (Wildman–Crippen MR) is 74.3 cm³/mol. The monoisotopic (exact) mass is 252 g/mol. The number of thiazole rings is 1. The van der Waals surface area contributed by atoms with E-state index >= 15 is 0 Å². The fourth-order valence-electron chi connectivity index (χ4n) is 2.60. The molecule has 0 aromatic carbocycles. The van der Waals surface area contributed by atoms with Crippen LogP contribution in [0.3, 0.4) is 0 Å². The molecule has 0 amide bonds. The Morgan fingerprint density at radius 2 is 2.24 bits per heavy atom. The summed E-state index contributed by atoms with van der Waals surface area (Å²) in [5, 5.41) is 4.87. The quantitative estimate of drug-likeness (QED) is 0.825. The number of hydrogen-bond acceptors (Lipinski definition) is 3. The van der Waals surface area contributed by atoms with Gasteiger partial charge in [-0.25, -0.2) is 4.98 Å². The van der Waals surface area contributed by atoms with Gasteiger partial charge in [-0.1, -0.05) is 20.3 Å². The molecule has 1 unspecified atom stereocenters. The van der Waals surface area contributed by atoms with E-state index in [2.05, 4.69) is 31.1 Å². The van der Waals surface area contributed by atoms with Crippen molar-refractivity contribution in [2.24, 2.45) is 5.41 Å². The first-order valence-corrected chi connectivity index (χ1v) is 7.51. The molecular formula is C14H24N2S. The molecule has 3 heteroatoms. The molecule has 0 bridgehead atoms. The highest BCUT2D eigenvalue weighted by atomic mass is 32.1. The highest BCUT2D eigenvalue weighted by molar-refractivity contribution is 7.11. The van der Waals surface area contributed by atoms with Gasteiger partial charge in [0.2, 0.25) is 0 Å². The molecule has 0 aliphatic heterocycles. The van der Waals surface area contributed by atoms with Crippen molar-refractivity contribution in [2.75, 3.05) is 0 Å². The van der Waals surface area contributed by atoms with Crippen molar-refractivity contribution in [3.63, 3.8) is 0 Å². The molecule has 1 aliphatic rings. The minimum absolute atomic E-state index is 0.553. The van der Waals surface area contributed by atoms with Crippen LogP contribution >= 0.6 is 11.3 Å². The van der Waals surface area contributed by atoms with Gasteiger partial charge in [-0.15, -0.1) is 11.3 Å². The Bertz CT molecular complexity index is 357. The molecule has 0 saturated heterocycles. The van der Waals surface area contributed by atoms with E-state index in [1.165, 1.54) is 42.0 Å². The zero-order valence-electron chi connectivity index (χ0n) is 11.3. The van der Waals surface area contributed by atoms with E-state index in [0.29, 0.717) is 11.5 Å². The molecule has 1 N–H and O–H groups in total. The molecule has 1 heterocycles. The van der Waals surface area contributed by atoms with Crippen molar-refractivity contribution in [1.82, 2.24) is 10.3 Å². The predicted octanol–water partition coefficient (Wildman–Crippen LogP) is 3.90. The number of aromatic nitrogens is 1. The van der Waals surface area contributed by atoms with Gasteiger partial charge in [-0.3, -0.25) is 0 Å². The van der Waals surface area contributed by atoms with Crippen LogP contribution in [0.5, 0.6) is 0 Å². The normalized spacial score (nSPS) is 24.5. The fourth-order valence-corrected chi connectivity index (χ4v) is 3.34. The molecular weight excluding hydrogens is 228 g/mol. The Kier molecular flexibility index (Phi) is 4.21. The molecule has 1 saturated carbocycles. The van der Waals surface area contributed by atoms with Gasteiger partial charge < -0.3 is 5.32 Å². The summed E-state index contributed by atoms with van der Waals surface area (Å²) in [7, 11) is 0. The summed E-state index contributed by atoms with van der Waals surface area (Å²) in [6, 6.07) is 0.708. The van der Waals surface area contributed by atoms with Gasteiger partial charge in [0.1, 0.15) is 0 Å². The molecule has 1 fully saturated rings.